The number of nitrogens with one attached hydrogen (secondary N) is 1. The molecule has 136 valence electrons. The molecule has 2 aromatic carbocycles. The molecule has 5 nitrogen and oxygen atoms in total. The smallest absolute Gasteiger partial charge is 0.280 e. The fourth-order valence-electron chi connectivity index (χ4n) is 2.13. The Labute approximate surface area is 161 Å². The van der Waals surface area contributed by atoms with E-state index in [4.69, 9.17) is 0 Å². The summed E-state index contributed by atoms with van der Waals surface area (Å²) in [4.78, 5) is 0.115. The molecule has 0 spiro atoms. The van der Waals surface area contributed by atoms with Crippen LogP contribution in [-0.4, -0.2) is 18.2 Å². The van der Waals surface area contributed by atoms with Gasteiger partial charge in [0.2, 0.25) is 0 Å². The second kappa shape index (κ2) is 6.91. The normalized spacial score (nSPS) is 12.2. The molecule has 0 aliphatic heterocycles. The Morgan fingerprint density at radius 2 is 1.58 bits per heavy atom. The first-order chi connectivity index (χ1) is 12.1. The van der Waals surface area contributed by atoms with E-state index in [0.717, 1.165) is 14.3 Å². The summed E-state index contributed by atoms with van der Waals surface area (Å²) in [6.07, 6.45) is -3.33. The first-order valence-electron chi connectivity index (χ1n) is 7.17. The van der Waals surface area contributed by atoms with Crippen LogP contribution in [-0.2, 0) is 16.2 Å². The molecular formula is C16H11F3IN3O2S. The fourth-order valence-corrected chi connectivity index (χ4v) is 3.55. The molecule has 0 saturated heterocycles. The molecule has 0 radical (unpaired) electrons. The number of rotatable bonds is 4. The molecule has 0 aliphatic carbocycles. The van der Waals surface area contributed by atoms with Crippen molar-refractivity contribution in [2.75, 3.05) is 4.72 Å². The summed E-state index contributed by atoms with van der Waals surface area (Å²) < 4.78 is 66.8. The zero-order valence-electron chi connectivity index (χ0n) is 12.9. The molecule has 10 heteroatoms. The Morgan fingerprint density at radius 1 is 0.962 bits per heavy atom. The third-order valence-electron chi connectivity index (χ3n) is 3.39. The number of hydrogen-bond acceptors (Lipinski definition) is 3. The lowest BCUT2D eigenvalue weighted by Gasteiger charge is -2.09. The summed E-state index contributed by atoms with van der Waals surface area (Å²) in [7, 11) is -3.75. The maximum Gasteiger partial charge on any atom is 0.435 e. The van der Waals surface area contributed by atoms with Crippen LogP contribution in [0.5, 0.6) is 0 Å². The first kappa shape index (κ1) is 18.7. The van der Waals surface area contributed by atoms with E-state index in [0.29, 0.717) is 5.69 Å². The van der Waals surface area contributed by atoms with Crippen LogP contribution in [0.1, 0.15) is 5.69 Å². The number of hydrogen-bond donors (Lipinski definition) is 1. The monoisotopic (exact) mass is 493 g/mol. The zero-order valence-corrected chi connectivity index (χ0v) is 15.9. The lowest BCUT2D eigenvalue weighted by Crippen LogP contribution is -2.13. The van der Waals surface area contributed by atoms with E-state index < -0.39 is 21.9 Å². The number of benzene rings is 2. The van der Waals surface area contributed by atoms with Gasteiger partial charge in [0.05, 0.1) is 10.6 Å². The third-order valence-corrected chi connectivity index (χ3v) is 5.50. The summed E-state index contributed by atoms with van der Waals surface area (Å²) in [6, 6.07) is 13.0. The van der Waals surface area contributed by atoms with Gasteiger partial charge in [-0.15, -0.1) is 0 Å². The zero-order chi connectivity index (χ0) is 18.9. The number of halogens is 4. The number of alkyl halides is 3. The van der Waals surface area contributed by atoms with Gasteiger partial charge in [0, 0.05) is 15.5 Å². The Hall–Kier alpha value is -2.08. The average molecular weight is 493 g/mol. The van der Waals surface area contributed by atoms with Gasteiger partial charge in [-0.05, 0) is 77.2 Å². The molecule has 0 aliphatic rings. The van der Waals surface area contributed by atoms with E-state index in [1.165, 1.54) is 42.6 Å². The molecule has 1 heterocycles. The van der Waals surface area contributed by atoms with Gasteiger partial charge in [-0.2, -0.15) is 18.3 Å². The first-order valence-corrected chi connectivity index (χ1v) is 9.73. The number of nitrogens with zero attached hydrogens (tertiary/aromatic N) is 2. The van der Waals surface area contributed by atoms with Gasteiger partial charge in [0.15, 0.2) is 5.69 Å². The molecule has 26 heavy (non-hydrogen) atoms. The van der Waals surface area contributed by atoms with Crippen LogP contribution in [0.4, 0.5) is 18.9 Å². The van der Waals surface area contributed by atoms with E-state index in [-0.39, 0.29) is 10.6 Å². The molecule has 0 fully saturated rings. The predicted octanol–water partition coefficient (Wildman–Crippen LogP) is 4.30. The number of aromatic nitrogens is 2. The lowest BCUT2D eigenvalue weighted by molar-refractivity contribution is -0.141. The van der Waals surface area contributed by atoms with Crippen LogP contribution in [0.2, 0.25) is 0 Å². The molecular weight excluding hydrogens is 482 g/mol. The predicted molar refractivity (Wildman–Crippen MR) is 98.5 cm³/mol. The van der Waals surface area contributed by atoms with Gasteiger partial charge in [-0.1, -0.05) is 0 Å². The van der Waals surface area contributed by atoms with E-state index in [1.807, 2.05) is 0 Å². The minimum Gasteiger partial charge on any atom is -0.280 e. The van der Waals surface area contributed by atoms with Gasteiger partial charge in [-0.25, -0.2) is 13.1 Å². The lowest BCUT2D eigenvalue weighted by atomic mass is 10.3. The summed E-state index contributed by atoms with van der Waals surface area (Å²) in [6.45, 7) is 0. The minimum atomic E-state index is -4.52. The average Bonchev–Trinajstić information content (AvgIpc) is 3.06. The molecule has 3 aromatic rings. The summed E-state index contributed by atoms with van der Waals surface area (Å²) in [5.74, 6) is 0. The van der Waals surface area contributed by atoms with Crippen molar-refractivity contribution >= 4 is 38.3 Å². The molecule has 3 rings (SSSR count). The van der Waals surface area contributed by atoms with Gasteiger partial charge < -0.3 is 0 Å². The van der Waals surface area contributed by atoms with E-state index >= 15 is 0 Å². The summed E-state index contributed by atoms with van der Waals surface area (Å²) >= 11 is 2.07. The van der Waals surface area contributed by atoms with Crippen LogP contribution in [0, 0.1) is 3.57 Å². The maximum absolute atomic E-state index is 12.6. The van der Waals surface area contributed by atoms with Crippen LogP contribution in [0.25, 0.3) is 5.69 Å². The van der Waals surface area contributed by atoms with Crippen LogP contribution in [0.15, 0.2) is 65.7 Å². The molecule has 0 saturated carbocycles. The Morgan fingerprint density at radius 3 is 2.12 bits per heavy atom. The second-order valence-electron chi connectivity index (χ2n) is 5.25. The van der Waals surface area contributed by atoms with E-state index in [2.05, 4.69) is 32.4 Å². The molecule has 0 unspecified atom stereocenters. The number of anilines is 1. The van der Waals surface area contributed by atoms with E-state index in [9.17, 15) is 21.6 Å². The Balaban J connectivity index is 1.79. The van der Waals surface area contributed by atoms with Crippen LogP contribution < -0.4 is 4.72 Å². The van der Waals surface area contributed by atoms with Crippen molar-refractivity contribution in [3.8, 4) is 5.69 Å². The largest absolute Gasteiger partial charge is 0.435 e. The van der Waals surface area contributed by atoms with Crippen LogP contribution >= 0.6 is 22.6 Å². The highest BCUT2D eigenvalue weighted by Crippen LogP contribution is 2.28. The number of sulfonamides is 1. The Kier molecular flexibility index (Phi) is 4.97. The van der Waals surface area contributed by atoms with Crippen molar-refractivity contribution in [1.29, 1.82) is 0 Å². The summed E-state index contributed by atoms with van der Waals surface area (Å²) in [5.41, 5.74) is -0.339. The molecule has 1 N–H and O–H groups in total. The maximum atomic E-state index is 12.6. The SMILES string of the molecule is O=S(=O)(Nc1ccc(-n2ccc(C(F)(F)F)n2)cc1)c1ccc(I)cc1. The van der Waals surface area contributed by atoms with Crippen molar-refractivity contribution in [2.45, 2.75) is 11.1 Å². The standard InChI is InChI=1S/C16H11F3IN3O2S/c17-16(18,19)15-9-10-23(21-15)13-5-3-12(4-6-13)22-26(24,25)14-7-1-11(20)2-8-14/h1-10,22H. The highest BCUT2D eigenvalue weighted by Gasteiger charge is 2.33. The topological polar surface area (TPSA) is 64.0 Å². The van der Waals surface area contributed by atoms with Crippen LogP contribution in [0.3, 0.4) is 0 Å². The molecule has 0 atom stereocenters. The van der Waals surface area contributed by atoms with Crippen molar-refractivity contribution in [1.82, 2.24) is 9.78 Å². The fraction of sp³-hybridized carbons (Fsp3) is 0.0625. The van der Waals surface area contributed by atoms with Crippen molar-refractivity contribution < 1.29 is 21.6 Å². The highest BCUT2D eigenvalue weighted by atomic mass is 127. The second-order valence-corrected chi connectivity index (χ2v) is 8.18. The van der Waals surface area contributed by atoms with Crippen molar-refractivity contribution in [3.63, 3.8) is 0 Å². The highest BCUT2D eigenvalue weighted by molar-refractivity contribution is 14.1. The van der Waals surface area contributed by atoms with Gasteiger partial charge in [0.1, 0.15) is 0 Å². The molecule has 0 amide bonds. The Bertz CT molecular complexity index is 1010. The van der Waals surface area contributed by atoms with Crippen molar-refractivity contribution in [2.24, 2.45) is 0 Å². The third kappa shape index (κ3) is 4.18. The quantitative estimate of drug-likeness (QED) is 0.552. The minimum absolute atomic E-state index is 0.115. The van der Waals surface area contributed by atoms with Crippen molar-refractivity contribution in [3.05, 3.63) is 70.1 Å². The van der Waals surface area contributed by atoms with Gasteiger partial charge in [-0.3, -0.25) is 4.72 Å². The van der Waals surface area contributed by atoms with Gasteiger partial charge in [0.25, 0.3) is 10.0 Å². The molecule has 0 bridgehead atoms. The van der Waals surface area contributed by atoms with Gasteiger partial charge >= 0.3 is 6.18 Å². The molecule has 1 aromatic heterocycles. The summed E-state index contributed by atoms with van der Waals surface area (Å²) in [5, 5.41) is 3.46. The van der Waals surface area contributed by atoms with E-state index in [1.54, 1.807) is 12.1 Å².